The van der Waals surface area contributed by atoms with Gasteiger partial charge in [-0.1, -0.05) is 13.8 Å². The van der Waals surface area contributed by atoms with Gasteiger partial charge >= 0.3 is 5.97 Å². The van der Waals surface area contributed by atoms with Crippen LogP contribution in [0.15, 0.2) is 16.3 Å². The number of aliphatic carboxylic acids is 1. The second-order valence-electron chi connectivity index (χ2n) is 4.81. The van der Waals surface area contributed by atoms with Crippen LogP contribution in [0, 0.1) is 5.92 Å². The van der Waals surface area contributed by atoms with Crippen molar-refractivity contribution in [1.82, 2.24) is 10.0 Å². The lowest BCUT2D eigenvalue weighted by Crippen LogP contribution is -2.43. The lowest BCUT2D eigenvalue weighted by Gasteiger charge is -2.17. The summed E-state index contributed by atoms with van der Waals surface area (Å²) in [5, 5.41) is 11.6. The first-order chi connectivity index (χ1) is 9.63. The van der Waals surface area contributed by atoms with Gasteiger partial charge in [0, 0.05) is 11.8 Å². The molecule has 1 rings (SSSR count). The molecule has 9 heteroatoms. The molecule has 1 atom stereocenters. The Bertz CT molecular complexity index is 621. The van der Waals surface area contributed by atoms with Gasteiger partial charge in [0.2, 0.25) is 5.91 Å². The summed E-state index contributed by atoms with van der Waals surface area (Å²) in [5.74, 6) is -1.81. The van der Waals surface area contributed by atoms with E-state index in [0.717, 1.165) is 11.3 Å². The highest BCUT2D eigenvalue weighted by Gasteiger charge is 2.28. The van der Waals surface area contributed by atoms with Crippen LogP contribution >= 0.6 is 11.3 Å². The first-order valence-corrected chi connectivity index (χ1v) is 8.51. The first kappa shape index (κ1) is 17.6. The molecule has 0 aliphatic rings. The van der Waals surface area contributed by atoms with Crippen molar-refractivity contribution >= 4 is 33.2 Å². The summed E-state index contributed by atoms with van der Waals surface area (Å²) in [5.41, 5.74) is 0. The third kappa shape index (κ3) is 5.10. The number of rotatable bonds is 7. The number of amides is 1. The summed E-state index contributed by atoms with van der Waals surface area (Å²) < 4.78 is 26.5. The average molecular weight is 334 g/mol. The largest absolute Gasteiger partial charge is 0.480 e. The Morgan fingerprint density at radius 3 is 2.43 bits per heavy atom. The maximum absolute atomic E-state index is 12.2. The molecule has 7 nitrogen and oxygen atoms in total. The fourth-order valence-corrected chi connectivity index (χ4v) is 4.16. The summed E-state index contributed by atoms with van der Waals surface area (Å²) in [4.78, 5) is 22.5. The van der Waals surface area contributed by atoms with Gasteiger partial charge in [0.15, 0.2) is 0 Å². The molecule has 0 fully saturated rings. The predicted molar refractivity (Wildman–Crippen MR) is 78.4 cm³/mol. The van der Waals surface area contributed by atoms with E-state index in [0.29, 0.717) is 4.88 Å². The maximum Gasteiger partial charge on any atom is 0.322 e. The first-order valence-electron chi connectivity index (χ1n) is 6.21. The highest BCUT2D eigenvalue weighted by molar-refractivity contribution is 7.91. The van der Waals surface area contributed by atoms with Crippen LogP contribution in [0.1, 0.15) is 25.6 Å². The molecule has 118 valence electrons. The second-order valence-corrected chi connectivity index (χ2v) is 7.92. The Morgan fingerprint density at radius 1 is 1.33 bits per heavy atom. The molecule has 3 N–H and O–H groups in total. The third-order valence-corrected chi connectivity index (χ3v) is 5.65. The van der Waals surface area contributed by atoms with Gasteiger partial charge in [-0.25, -0.2) is 8.42 Å². The fraction of sp³-hybridized carbons (Fsp3) is 0.500. The maximum atomic E-state index is 12.2. The summed E-state index contributed by atoms with van der Waals surface area (Å²) in [6.45, 7) is 4.85. The number of carboxylic acids is 1. The van der Waals surface area contributed by atoms with Crippen molar-refractivity contribution in [3.8, 4) is 0 Å². The van der Waals surface area contributed by atoms with E-state index < -0.39 is 22.0 Å². The van der Waals surface area contributed by atoms with E-state index in [2.05, 4.69) is 10.0 Å². The standard InChI is InChI=1S/C12H18N2O5S2/c1-7(2)11(12(16)17)14-21(18,19)10-5-4-9(20-10)6-13-8(3)15/h4-5,7,11,14H,6H2,1-3H3,(H,13,15)(H,16,17)/t11-/m1/s1. The van der Waals surface area contributed by atoms with Crippen LogP contribution in [0.3, 0.4) is 0 Å². The van der Waals surface area contributed by atoms with Gasteiger partial charge in [-0.2, -0.15) is 4.72 Å². The fourth-order valence-electron chi connectivity index (χ4n) is 1.51. The zero-order valence-corrected chi connectivity index (χ0v) is 13.5. The molecule has 0 aliphatic carbocycles. The molecule has 0 radical (unpaired) electrons. The molecule has 0 saturated carbocycles. The number of hydrogen-bond acceptors (Lipinski definition) is 5. The van der Waals surface area contributed by atoms with Crippen LogP contribution in [-0.2, 0) is 26.2 Å². The van der Waals surface area contributed by atoms with E-state index >= 15 is 0 Å². The van der Waals surface area contributed by atoms with Crippen molar-refractivity contribution in [3.05, 3.63) is 17.0 Å². The highest BCUT2D eigenvalue weighted by atomic mass is 32.2. The van der Waals surface area contributed by atoms with Crippen LogP contribution in [0.25, 0.3) is 0 Å². The number of carbonyl (C=O) groups excluding carboxylic acids is 1. The third-order valence-electron chi connectivity index (χ3n) is 2.63. The molecule has 0 saturated heterocycles. The smallest absolute Gasteiger partial charge is 0.322 e. The monoisotopic (exact) mass is 334 g/mol. The quantitative estimate of drug-likeness (QED) is 0.682. The van der Waals surface area contributed by atoms with Gasteiger partial charge in [0.05, 0.1) is 6.54 Å². The molecule has 0 aliphatic heterocycles. The summed E-state index contributed by atoms with van der Waals surface area (Å²) >= 11 is 0.989. The average Bonchev–Trinajstić information content (AvgIpc) is 2.82. The second kappa shape index (κ2) is 7.01. The van der Waals surface area contributed by atoms with Crippen molar-refractivity contribution in [2.45, 2.75) is 37.6 Å². The number of carboxylic acid groups (broad SMARTS) is 1. The van der Waals surface area contributed by atoms with Crippen molar-refractivity contribution in [3.63, 3.8) is 0 Å². The van der Waals surface area contributed by atoms with Crippen molar-refractivity contribution in [1.29, 1.82) is 0 Å². The van der Waals surface area contributed by atoms with Crippen LogP contribution in [0.4, 0.5) is 0 Å². The number of nitrogens with one attached hydrogen (secondary N) is 2. The molecule has 0 bridgehead atoms. The molecule has 0 unspecified atom stereocenters. The molecule has 1 aromatic rings. The Labute approximate surface area is 127 Å². The molecular formula is C12H18N2O5S2. The lowest BCUT2D eigenvalue weighted by molar-refractivity contribution is -0.140. The van der Waals surface area contributed by atoms with E-state index in [1.165, 1.54) is 13.0 Å². The minimum atomic E-state index is -3.89. The predicted octanol–water partition coefficient (Wildman–Crippen LogP) is 0.772. The molecule has 0 spiro atoms. The Kier molecular flexibility index (Phi) is 5.87. The molecule has 1 amide bonds. The minimum absolute atomic E-state index is 0.0229. The van der Waals surface area contributed by atoms with Crippen LogP contribution in [0.5, 0.6) is 0 Å². The van der Waals surface area contributed by atoms with E-state index in [-0.39, 0.29) is 22.6 Å². The highest BCUT2D eigenvalue weighted by Crippen LogP contribution is 2.22. The zero-order valence-electron chi connectivity index (χ0n) is 11.9. The summed E-state index contributed by atoms with van der Waals surface area (Å²) in [6, 6.07) is 1.79. The number of thiophene rings is 1. The lowest BCUT2D eigenvalue weighted by atomic mass is 10.1. The van der Waals surface area contributed by atoms with E-state index in [4.69, 9.17) is 5.11 Å². The van der Waals surface area contributed by atoms with Gasteiger partial charge in [-0.3, -0.25) is 9.59 Å². The number of hydrogen-bond donors (Lipinski definition) is 3. The summed E-state index contributed by atoms with van der Waals surface area (Å²) in [7, 11) is -3.89. The molecule has 21 heavy (non-hydrogen) atoms. The van der Waals surface area contributed by atoms with Gasteiger partial charge in [0.25, 0.3) is 10.0 Å². The zero-order chi connectivity index (χ0) is 16.2. The van der Waals surface area contributed by atoms with Crippen LogP contribution < -0.4 is 10.0 Å². The molecule has 1 aromatic heterocycles. The van der Waals surface area contributed by atoms with Gasteiger partial charge in [0.1, 0.15) is 10.3 Å². The van der Waals surface area contributed by atoms with Crippen LogP contribution in [-0.4, -0.2) is 31.4 Å². The number of carbonyl (C=O) groups is 2. The van der Waals surface area contributed by atoms with Gasteiger partial charge in [-0.15, -0.1) is 11.3 Å². The molecule has 1 heterocycles. The normalized spacial score (nSPS) is 13.1. The van der Waals surface area contributed by atoms with Crippen molar-refractivity contribution in [2.75, 3.05) is 0 Å². The minimum Gasteiger partial charge on any atom is -0.480 e. The van der Waals surface area contributed by atoms with Crippen LogP contribution in [0.2, 0.25) is 0 Å². The van der Waals surface area contributed by atoms with E-state index in [1.807, 2.05) is 0 Å². The SMILES string of the molecule is CC(=O)NCc1ccc(S(=O)(=O)N[C@@H](C(=O)O)C(C)C)s1. The van der Waals surface area contributed by atoms with E-state index in [1.54, 1.807) is 19.9 Å². The molecule has 0 aromatic carbocycles. The topological polar surface area (TPSA) is 113 Å². The Hall–Kier alpha value is -1.45. The van der Waals surface area contributed by atoms with Gasteiger partial charge in [-0.05, 0) is 18.1 Å². The number of sulfonamides is 1. The molecular weight excluding hydrogens is 316 g/mol. The Morgan fingerprint density at radius 2 is 1.95 bits per heavy atom. The summed E-state index contributed by atoms with van der Waals surface area (Å²) in [6.07, 6.45) is 0. The van der Waals surface area contributed by atoms with Crippen molar-refractivity contribution in [2.24, 2.45) is 5.92 Å². The van der Waals surface area contributed by atoms with Gasteiger partial charge < -0.3 is 10.4 Å². The van der Waals surface area contributed by atoms with E-state index in [9.17, 15) is 18.0 Å². The Balaban J connectivity index is 2.88. The van der Waals surface area contributed by atoms with Crippen molar-refractivity contribution < 1.29 is 23.1 Å².